The normalized spacial score (nSPS) is 10.3. The minimum absolute atomic E-state index is 0.199. The van der Waals surface area contributed by atoms with Gasteiger partial charge in [0.15, 0.2) is 0 Å². The highest BCUT2D eigenvalue weighted by Crippen LogP contribution is 2.06. The zero-order chi connectivity index (χ0) is 16.5. The van der Waals surface area contributed by atoms with E-state index in [9.17, 15) is 14.4 Å². The molecule has 0 aliphatic carbocycles. The zero-order valence-corrected chi connectivity index (χ0v) is 11.8. The van der Waals surface area contributed by atoms with Gasteiger partial charge in [0.2, 0.25) is 11.5 Å². The Bertz CT molecular complexity index is 645. The molecule has 0 amide bonds. The summed E-state index contributed by atoms with van der Waals surface area (Å²) in [5.74, 6) is -2.66. The third kappa shape index (κ3) is 4.68. The van der Waals surface area contributed by atoms with E-state index >= 15 is 0 Å². The summed E-state index contributed by atoms with van der Waals surface area (Å²) in [6.45, 7) is 0. The van der Waals surface area contributed by atoms with E-state index in [1.54, 1.807) is 0 Å². The van der Waals surface area contributed by atoms with Gasteiger partial charge in [0.1, 0.15) is 18.2 Å². The molecule has 0 aliphatic rings. The molecule has 1 aromatic heterocycles. The molecule has 0 bridgehead atoms. The Morgan fingerprint density at radius 2 is 2.05 bits per heavy atom. The van der Waals surface area contributed by atoms with Gasteiger partial charge in [0.05, 0.1) is 26.1 Å². The second kappa shape index (κ2) is 8.11. The Morgan fingerprint density at radius 3 is 2.55 bits per heavy atom. The first-order chi connectivity index (χ1) is 10.5. The van der Waals surface area contributed by atoms with Crippen LogP contribution in [0.15, 0.2) is 23.4 Å². The van der Waals surface area contributed by atoms with Crippen LogP contribution in [-0.4, -0.2) is 42.6 Å². The largest absolute Gasteiger partial charge is 0.469 e. The molecule has 0 aromatic carbocycles. The lowest BCUT2D eigenvalue weighted by atomic mass is 10.2. The number of esters is 2. The third-order valence-electron chi connectivity index (χ3n) is 2.35. The summed E-state index contributed by atoms with van der Waals surface area (Å²) in [5.41, 5.74) is 2.38. The molecule has 0 fully saturated rings. The number of ether oxygens (including phenoxy) is 2. The van der Waals surface area contributed by atoms with Crippen molar-refractivity contribution in [1.29, 1.82) is 5.26 Å². The Kier molecular flexibility index (Phi) is 6.18. The molecule has 9 heteroatoms. The van der Waals surface area contributed by atoms with Gasteiger partial charge in [0.25, 0.3) is 0 Å². The van der Waals surface area contributed by atoms with Gasteiger partial charge in [-0.1, -0.05) is 0 Å². The van der Waals surface area contributed by atoms with Crippen molar-refractivity contribution in [3.8, 4) is 6.07 Å². The summed E-state index contributed by atoms with van der Waals surface area (Å²) in [6.07, 6.45) is 0.652. The first kappa shape index (κ1) is 16.8. The molecule has 0 aliphatic heterocycles. The molecule has 0 spiro atoms. The summed E-state index contributed by atoms with van der Waals surface area (Å²) in [5, 5.41) is 12.2. The molecule has 0 saturated heterocycles. The summed E-state index contributed by atoms with van der Waals surface area (Å²) in [6, 6.07) is 4.74. The lowest BCUT2D eigenvalue weighted by Crippen LogP contribution is -2.28. The van der Waals surface area contributed by atoms with Crippen LogP contribution in [0.5, 0.6) is 0 Å². The number of hydrogen-bond acceptors (Lipinski definition) is 9. The minimum atomic E-state index is -0.997. The van der Waals surface area contributed by atoms with Gasteiger partial charge >= 0.3 is 11.9 Å². The van der Waals surface area contributed by atoms with E-state index in [1.807, 2.05) is 6.07 Å². The predicted molar refractivity (Wildman–Crippen MR) is 73.7 cm³/mol. The standard InChI is InChI=1S/C13H12N4O5/c1-21-11(19)5-10(18)12(13(20)22-2)17-16-9-4-3-8(6-14)15-7-9/h3-4,7,16H,5H2,1-2H3. The first-order valence-corrected chi connectivity index (χ1v) is 5.90. The highest BCUT2D eigenvalue weighted by atomic mass is 16.5. The molecule has 0 radical (unpaired) electrons. The van der Waals surface area contributed by atoms with Crippen LogP contribution < -0.4 is 5.43 Å². The monoisotopic (exact) mass is 304 g/mol. The maximum absolute atomic E-state index is 11.8. The van der Waals surface area contributed by atoms with Crippen molar-refractivity contribution < 1.29 is 23.9 Å². The van der Waals surface area contributed by atoms with Crippen LogP contribution in [0.4, 0.5) is 5.69 Å². The number of pyridine rings is 1. The Labute approximate surface area is 125 Å². The average Bonchev–Trinajstić information content (AvgIpc) is 2.55. The number of Topliss-reactive ketones (excluding diaryl/α,β-unsaturated/α-hetero) is 1. The predicted octanol–water partition coefficient (Wildman–Crippen LogP) is 0.0264. The quantitative estimate of drug-likeness (QED) is 0.337. The molecule has 9 nitrogen and oxygen atoms in total. The van der Waals surface area contributed by atoms with E-state index in [0.717, 1.165) is 14.2 Å². The zero-order valence-electron chi connectivity index (χ0n) is 11.8. The van der Waals surface area contributed by atoms with E-state index in [4.69, 9.17) is 5.26 Å². The van der Waals surface area contributed by atoms with E-state index in [2.05, 4.69) is 25.0 Å². The third-order valence-corrected chi connectivity index (χ3v) is 2.35. The lowest BCUT2D eigenvalue weighted by molar-refractivity contribution is -0.142. The average molecular weight is 304 g/mol. The van der Waals surface area contributed by atoms with Crippen molar-refractivity contribution >= 4 is 29.1 Å². The molecule has 0 saturated carbocycles. The number of anilines is 1. The number of nitrogens with one attached hydrogen (secondary N) is 1. The van der Waals surface area contributed by atoms with Crippen molar-refractivity contribution in [2.75, 3.05) is 19.6 Å². The SMILES string of the molecule is COC(=O)CC(=O)C(=NNc1ccc(C#N)nc1)C(=O)OC. The van der Waals surface area contributed by atoms with Crippen molar-refractivity contribution in [2.24, 2.45) is 5.10 Å². The number of carbonyl (C=O) groups is 3. The number of ketones is 1. The minimum Gasteiger partial charge on any atom is -0.469 e. The fourth-order valence-electron chi connectivity index (χ4n) is 1.25. The number of rotatable bonds is 6. The van der Waals surface area contributed by atoms with E-state index in [1.165, 1.54) is 18.3 Å². The summed E-state index contributed by atoms with van der Waals surface area (Å²) in [7, 11) is 2.19. The number of hydrogen-bond donors (Lipinski definition) is 1. The van der Waals surface area contributed by atoms with E-state index < -0.39 is 29.9 Å². The molecular weight excluding hydrogens is 292 g/mol. The summed E-state index contributed by atoms with van der Waals surface area (Å²) >= 11 is 0. The number of nitrogens with zero attached hydrogens (tertiary/aromatic N) is 3. The number of nitriles is 1. The van der Waals surface area contributed by atoms with Crippen LogP contribution in [0.2, 0.25) is 0 Å². The second-order valence-corrected chi connectivity index (χ2v) is 3.78. The fraction of sp³-hybridized carbons (Fsp3) is 0.231. The highest BCUT2D eigenvalue weighted by molar-refractivity contribution is 6.65. The Morgan fingerprint density at radius 1 is 1.32 bits per heavy atom. The molecular formula is C13H12N4O5. The van der Waals surface area contributed by atoms with E-state index in [0.29, 0.717) is 5.69 Å². The first-order valence-electron chi connectivity index (χ1n) is 5.90. The Hall–Kier alpha value is -3.28. The summed E-state index contributed by atoms with van der Waals surface area (Å²) in [4.78, 5) is 38.2. The smallest absolute Gasteiger partial charge is 0.362 e. The van der Waals surface area contributed by atoms with Crippen LogP contribution in [-0.2, 0) is 23.9 Å². The van der Waals surface area contributed by atoms with Gasteiger partial charge < -0.3 is 9.47 Å². The topological polar surface area (TPSA) is 131 Å². The summed E-state index contributed by atoms with van der Waals surface area (Å²) < 4.78 is 8.78. The van der Waals surface area contributed by atoms with Gasteiger partial charge in [-0.05, 0) is 12.1 Å². The van der Waals surface area contributed by atoms with Crippen molar-refractivity contribution in [1.82, 2.24) is 4.98 Å². The second-order valence-electron chi connectivity index (χ2n) is 3.78. The van der Waals surface area contributed by atoms with Crippen LogP contribution in [0.25, 0.3) is 0 Å². The van der Waals surface area contributed by atoms with Gasteiger partial charge in [0, 0.05) is 0 Å². The molecule has 1 N–H and O–H groups in total. The number of hydrazone groups is 1. The number of aromatic nitrogens is 1. The maximum Gasteiger partial charge on any atom is 0.362 e. The molecule has 0 unspecified atom stereocenters. The fourth-order valence-corrected chi connectivity index (χ4v) is 1.25. The van der Waals surface area contributed by atoms with Crippen LogP contribution in [0.1, 0.15) is 12.1 Å². The van der Waals surface area contributed by atoms with E-state index in [-0.39, 0.29) is 5.69 Å². The van der Waals surface area contributed by atoms with Crippen LogP contribution in [0, 0.1) is 11.3 Å². The number of carbonyl (C=O) groups excluding carboxylic acids is 3. The number of methoxy groups -OCH3 is 2. The molecule has 1 aromatic rings. The van der Waals surface area contributed by atoms with Gasteiger partial charge in [-0.25, -0.2) is 9.78 Å². The van der Waals surface area contributed by atoms with Gasteiger partial charge in [-0.2, -0.15) is 10.4 Å². The van der Waals surface area contributed by atoms with Crippen molar-refractivity contribution in [3.05, 3.63) is 24.0 Å². The van der Waals surface area contributed by atoms with Crippen molar-refractivity contribution in [2.45, 2.75) is 6.42 Å². The lowest BCUT2D eigenvalue weighted by Gasteiger charge is -2.04. The molecule has 0 atom stereocenters. The maximum atomic E-state index is 11.8. The molecule has 114 valence electrons. The van der Waals surface area contributed by atoms with Crippen LogP contribution >= 0.6 is 0 Å². The van der Waals surface area contributed by atoms with Gasteiger partial charge in [-0.15, -0.1) is 0 Å². The molecule has 1 heterocycles. The van der Waals surface area contributed by atoms with Gasteiger partial charge in [-0.3, -0.25) is 15.0 Å². The van der Waals surface area contributed by atoms with Crippen molar-refractivity contribution in [3.63, 3.8) is 0 Å². The highest BCUT2D eigenvalue weighted by Gasteiger charge is 2.24. The Balaban J connectivity index is 2.91. The molecule has 22 heavy (non-hydrogen) atoms. The van der Waals surface area contributed by atoms with Crippen LogP contribution in [0.3, 0.4) is 0 Å². The molecule has 1 rings (SSSR count).